The molecule has 4 heterocycles. The van der Waals surface area contributed by atoms with E-state index in [1.165, 1.54) is 5.56 Å². The molecule has 0 aliphatic carbocycles. The molecule has 0 bridgehead atoms. The van der Waals surface area contributed by atoms with Gasteiger partial charge in [-0.1, -0.05) is 0 Å². The van der Waals surface area contributed by atoms with Crippen LogP contribution < -0.4 is 15.1 Å². The van der Waals surface area contributed by atoms with Crippen molar-refractivity contribution in [1.29, 1.82) is 0 Å². The molecule has 8 heteroatoms. The maximum Gasteiger partial charge on any atom is 0.298 e. The molecule has 0 unspecified atom stereocenters. The number of carbonyl (C=O) groups excluding carboxylic acids is 2. The lowest BCUT2D eigenvalue weighted by atomic mass is 9.90. The molecule has 0 spiro atoms. The second-order valence-electron chi connectivity index (χ2n) is 10.5. The van der Waals surface area contributed by atoms with E-state index in [2.05, 4.69) is 34.2 Å². The Bertz CT molecular complexity index is 1300. The van der Waals surface area contributed by atoms with Crippen molar-refractivity contribution in [3.63, 3.8) is 0 Å². The van der Waals surface area contributed by atoms with Crippen LogP contribution in [0, 0.1) is 20.8 Å². The lowest BCUT2D eigenvalue weighted by Crippen LogP contribution is -2.46. The van der Waals surface area contributed by atoms with E-state index < -0.39 is 11.7 Å². The fourth-order valence-corrected chi connectivity index (χ4v) is 5.59. The predicted octanol–water partition coefficient (Wildman–Crippen LogP) is 4.39. The zero-order valence-electron chi connectivity index (χ0n) is 22.8. The van der Waals surface area contributed by atoms with E-state index in [9.17, 15) is 9.59 Å². The first kappa shape index (κ1) is 26.0. The summed E-state index contributed by atoms with van der Waals surface area (Å²) < 4.78 is 7.33. The fraction of sp³-hybridized carbons (Fsp3) is 0.433. The minimum Gasteiger partial charge on any atom is -0.381 e. The van der Waals surface area contributed by atoms with E-state index in [1.54, 1.807) is 0 Å². The Morgan fingerprint density at radius 1 is 0.921 bits per heavy atom. The Labute approximate surface area is 224 Å². The highest BCUT2D eigenvalue weighted by atomic mass is 16.5. The van der Waals surface area contributed by atoms with Crippen molar-refractivity contribution in [2.45, 2.75) is 39.5 Å². The van der Waals surface area contributed by atoms with Gasteiger partial charge in [0.1, 0.15) is 5.82 Å². The molecule has 0 saturated carbocycles. The number of piperazine rings is 1. The van der Waals surface area contributed by atoms with E-state index in [0.717, 1.165) is 67.5 Å². The van der Waals surface area contributed by atoms with Crippen LogP contribution in [0.25, 0.3) is 0 Å². The molecule has 2 saturated heterocycles. The average molecular weight is 516 g/mol. The van der Waals surface area contributed by atoms with Gasteiger partial charge in [0.05, 0.1) is 5.69 Å². The van der Waals surface area contributed by atoms with Crippen molar-refractivity contribution in [1.82, 2.24) is 9.55 Å². The van der Waals surface area contributed by atoms with Crippen molar-refractivity contribution in [3.8, 4) is 0 Å². The number of hydrogen-bond acceptors (Lipinski definition) is 6. The molecule has 1 N–H and O–H groups in total. The molecule has 200 valence electrons. The predicted molar refractivity (Wildman–Crippen MR) is 150 cm³/mol. The molecular weight excluding hydrogens is 478 g/mol. The van der Waals surface area contributed by atoms with Gasteiger partial charge < -0.3 is 24.4 Å². The quantitative estimate of drug-likeness (QED) is 0.388. The first-order valence-corrected chi connectivity index (χ1v) is 13.4. The number of amides is 1. The summed E-state index contributed by atoms with van der Waals surface area (Å²) >= 11 is 0. The number of nitrogens with zero attached hydrogens (tertiary/aromatic N) is 4. The third kappa shape index (κ3) is 5.45. The van der Waals surface area contributed by atoms with Crippen molar-refractivity contribution >= 4 is 28.9 Å². The summed E-state index contributed by atoms with van der Waals surface area (Å²) in [5.74, 6) is 0.170. The van der Waals surface area contributed by atoms with Gasteiger partial charge in [0.15, 0.2) is 0 Å². The normalized spacial score (nSPS) is 16.5. The molecule has 8 nitrogen and oxygen atoms in total. The number of hydrogen-bond donors (Lipinski definition) is 1. The molecule has 5 rings (SSSR count). The minimum absolute atomic E-state index is 0.237. The Kier molecular flexibility index (Phi) is 7.51. The van der Waals surface area contributed by atoms with Crippen LogP contribution in [0.5, 0.6) is 0 Å². The second-order valence-corrected chi connectivity index (χ2v) is 10.5. The Morgan fingerprint density at radius 2 is 1.58 bits per heavy atom. The summed E-state index contributed by atoms with van der Waals surface area (Å²) in [6.07, 6.45) is 1.73. The van der Waals surface area contributed by atoms with Crippen LogP contribution in [0.15, 0.2) is 42.5 Å². The Hall–Kier alpha value is -3.65. The molecule has 0 atom stereocenters. The number of carbonyl (C=O) groups is 2. The van der Waals surface area contributed by atoms with Crippen LogP contribution in [-0.4, -0.2) is 60.6 Å². The number of nitrogens with one attached hydrogen (secondary N) is 1. The van der Waals surface area contributed by atoms with E-state index in [4.69, 9.17) is 9.72 Å². The number of pyridine rings is 1. The van der Waals surface area contributed by atoms with Gasteiger partial charge >= 0.3 is 0 Å². The number of aryl methyl sites for hydroxylation is 3. The van der Waals surface area contributed by atoms with E-state index in [0.29, 0.717) is 24.6 Å². The zero-order chi connectivity index (χ0) is 26.8. The lowest BCUT2D eigenvalue weighted by Gasteiger charge is -2.37. The highest BCUT2D eigenvalue weighted by Crippen LogP contribution is 2.32. The third-order valence-corrected chi connectivity index (χ3v) is 7.76. The van der Waals surface area contributed by atoms with E-state index in [-0.39, 0.29) is 5.92 Å². The van der Waals surface area contributed by atoms with Crippen LogP contribution in [0.4, 0.5) is 17.2 Å². The lowest BCUT2D eigenvalue weighted by molar-refractivity contribution is -0.112. The number of ketones is 1. The summed E-state index contributed by atoms with van der Waals surface area (Å²) in [7, 11) is 1.85. The molecule has 38 heavy (non-hydrogen) atoms. The number of ether oxygens (including phenoxy) is 1. The Balaban J connectivity index is 1.21. The van der Waals surface area contributed by atoms with Gasteiger partial charge in [0.2, 0.25) is 0 Å². The van der Waals surface area contributed by atoms with Crippen LogP contribution >= 0.6 is 0 Å². The zero-order valence-corrected chi connectivity index (χ0v) is 22.8. The van der Waals surface area contributed by atoms with Crippen LogP contribution in [0.3, 0.4) is 0 Å². The van der Waals surface area contributed by atoms with Crippen LogP contribution in [0.1, 0.15) is 51.8 Å². The molecule has 1 amide bonds. The maximum atomic E-state index is 13.3. The smallest absolute Gasteiger partial charge is 0.298 e. The van der Waals surface area contributed by atoms with Crippen molar-refractivity contribution in [2.24, 2.45) is 7.05 Å². The number of aromatic nitrogens is 2. The summed E-state index contributed by atoms with van der Waals surface area (Å²) in [5, 5.41) is 2.81. The van der Waals surface area contributed by atoms with Gasteiger partial charge in [-0.05, 0) is 93.1 Å². The van der Waals surface area contributed by atoms with Gasteiger partial charge in [-0.2, -0.15) is 0 Å². The number of benzene rings is 1. The van der Waals surface area contributed by atoms with Gasteiger partial charge in [0.25, 0.3) is 11.7 Å². The maximum absolute atomic E-state index is 13.3. The molecule has 2 aliphatic heterocycles. The molecular formula is C30H37N5O3. The second kappa shape index (κ2) is 11.0. The van der Waals surface area contributed by atoms with Gasteiger partial charge in [0, 0.05) is 69.2 Å². The van der Waals surface area contributed by atoms with Crippen LogP contribution in [0.2, 0.25) is 0 Å². The van der Waals surface area contributed by atoms with Gasteiger partial charge in [-0.3, -0.25) is 9.59 Å². The van der Waals surface area contributed by atoms with Crippen LogP contribution in [-0.2, 0) is 16.6 Å². The van der Waals surface area contributed by atoms with Gasteiger partial charge in [-0.25, -0.2) is 4.98 Å². The highest BCUT2D eigenvalue weighted by Gasteiger charge is 2.29. The summed E-state index contributed by atoms with van der Waals surface area (Å²) in [4.78, 5) is 35.6. The molecule has 2 aliphatic rings. The first-order valence-electron chi connectivity index (χ1n) is 13.4. The fourth-order valence-electron chi connectivity index (χ4n) is 5.59. The topological polar surface area (TPSA) is 79.7 Å². The summed E-state index contributed by atoms with van der Waals surface area (Å²) in [6, 6.07) is 14.0. The largest absolute Gasteiger partial charge is 0.381 e. The third-order valence-electron chi connectivity index (χ3n) is 7.76. The molecule has 1 aromatic carbocycles. The van der Waals surface area contributed by atoms with Gasteiger partial charge in [-0.15, -0.1) is 0 Å². The SMILES string of the molecule is Cc1cc(C)nc(N2CCN(c3ccc(NC(=O)C(=O)c4c(C5CCOCC5)cc(C)n4C)cc3)CC2)c1. The van der Waals surface area contributed by atoms with Crippen molar-refractivity contribution in [2.75, 3.05) is 54.5 Å². The van der Waals surface area contributed by atoms with E-state index >= 15 is 0 Å². The summed E-state index contributed by atoms with van der Waals surface area (Å²) in [5.41, 5.74) is 6.40. The molecule has 0 radical (unpaired) electrons. The number of rotatable bonds is 6. The summed E-state index contributed by atoms with van der Waals surface area (Å²) in [6.45, 7) is 11.0. The standard InChI is InChI=1S/C30H37N5O3/c1-20-17-21(2)31-27(18-20)35-13-11-34(12-14-35)25-7-5-24(6-8-25)32-30(37)29(36)28-26(19-22(3)33(28)4)23-9-15-38-16-10-23/h5-8,17-19,23H,9-16H2,1-4H3,(H,32,37). The highest BCUT2D eigenvalue weighted by molar-refractivity contribution is 6.46. The molecule has 2 fully saturated rings. The van der Waals surface area contributed by atoms with Crippen molar-refractivity contribution in [3.05, 3.63) is 70.7 Å². The average Bonchev–Trinajstić information content (AvgIpc) is 3.22. The first-order chi connectivity index (χ1) is 18.3. The Morgan fingerprint density at radius 3 is 2.24 bits per heavy atom. The molecule has 2 aromatic heterocycles. The minimum atomic E-state index is -0.609. The van der Waals surface area contributed by atoms with Crippen molar-refractivity contribution < 1.29 is 14.3 Å². The molecule has 3 aromatic rings. The van der Waals surface area contributed by atoms with E-state index in [1.807, 2.05) is 55.8 Å². The number of Topliss-reactive ketones (excluding diaryl/α,β-unsaturated/α-hetero) is 1. The monoisotopic (exact) mass is 515 g/mol. The number of anilines is 3.